The second kappa shape index (κ2) is 9.54. The lowest BCUT2D eigenvalue weighted by molar-refractivity contribution is -0.117. The summed E-state index contributed by atoms with van der Waals surface area (Å²) in [7, 11) is 4.48. The van der Waals surface area contributed by atoms with E-state index in [9.17, 15) is 9.59 Å². The maximum atomic E-state index is 13.9. The van der Waals surface area contributed by atoms with Gasteiger partial charge in [-0.15, -0.1) is 0 Å². The van der Waals surface area contributed by atoms with Crippen LogP contribution < -0.4 is 19.5 Å². The Morgan fingerprint density at radius 3 is 2.24 bits per heavy atom. The first kappa shape index (κ1) is 22.7. The number of benzene rings is 3. The predicted octanol–water partition coefficient (Wildman–Crippen LogP) is 4.66. The molecular formula is C25H23BrN2O5. The van der Waals surface area contributed by atoms with Crippen LogP contribution in [0, 0.1) is 0 Å². The number of hydrogen-bond acceptors (Lipinski definition) is 5. The lowest BCUT2D eigenvalue weighted by Gasteiger charge is -2.31. The molecule has 1 atom stereocenters. The van der Waals surface area contributed by atoms with Crippen molar-refractivity contribution >= 4 is 33.4 Å². The number of halogens is 1. The number of hydrogen-bond donors (Lipinski definition) is 1. The van der Waals surface area contributed by atoms with Gasteiger partial charge in [-0.25, -0.2) is 0 Å². The fraction of sp³-hybridized carbons (Fsp3) is 0.200. The highest BCUT2D eigenvalue weighted by Gasteiger charge is 2.34. The molecule has 170 valence electrons. The first-order chi connectivity index (χ1) is 16.0. The van der Waals surface area contributed by atoms with Gasteiger partial charge in [0.25, 0.3) is 5.91 Å². The maximum Gasteiger partial charge on any atom is 0.255 e. The van der Waals surface area contributed by atoms with Gasteiger partial charge >= 0.3 is 0 Å². The smallest absolute Gasteiger partial charge is 0.255 e. The third kappa shape index (κ3) is 4.39. The van der Waals surface area contributed by atoms with Crippen molar-refractivity contribution in [2.45, 2.75) is 6.04 Å². The molecular weight excluding hydrogens is 488 g/mol. The van der Waals surface area contributed by atoms with E-state index in [4.69, 9.17) is 14.2 Å². The topological polar surface area (TPSA) is 77.1 Å². The molecule has 1 aliphatic heterocycles. The number of nitrogens with one attached hydrogen (secondary N) is 1. The number of methoxy groups -OCH3 is 3. The molecule has 3 aromatic carbocycles. The summed E-state index contributed by atoms with van der Waals surface area (Å²) >= 11 is 3.52. The molecule has 7 nitrogen and oxygen atoms in total. The highest BCUT2D eigenvalue weighted by molar-refractivity contribution is 9.10. The molecule has 0 saturated carbocycles. The van der Waals surface area contributed by atoms with Crippen molar-refractivity contribution in [3.8, 4) is 17.2 Å². The number of rotatable bonds is 5. The minimum absolute atomic E-state index is 0.124. The average molecular weight is 511 g/mol. The van der Waals surface area contributed by atoms with Gasteiger partial charge in [0.1, 0.15) is 6.54 Å². The molecule has 0 fully saturated rings. The van der Waals surface area contributed by atoms with E-state index in [0.29, 0.717) is 28.5 Å². The minimum Gasteiger partial charge on any atom is -0.493 e. The fourth-order valence-corrected chi connectivity index (χ4v) is 4.41. The van der Waals surface area contributed by atoms with Gasteiger partial charge in [0, 0.05) is 21.3 Å². The van der Waals surface area contributed by atoms with Gasteiger partial charge in [0.15, 0.2) is 11.5 Å². The molecule has 1 unspecified atom stereocenters. The summed E-state index contributed by atoms with van der Waals surface area (Å²) < 4.78 is 17.1. The molecule has 2 amide bonds. The number of anilines is 1. The zero-order valence-corrected chi connectivity index (χ0v) is 20.0. The Labute approximate surface area is 200 Å². The summed E-state index contributed by atoms with van der Waals surface area (Å²) in [5.41, 5.74) is 2.67. The average Bonchev–Trinajstić information content (AvgIpc) is 2.98. The van der Waals surface area contributed by atoms with Gasteiger partial charge in [-0.3, -0.25) is 9.59 Å². The Morgan fingerprint density at radius 2 is 1.64 bits per heavy atom. The van der Waals surface area contributed by atoms with Crippen LogP contribution in [0.5, 0.6) is 17.2 Å². The number of amides is 2. The van der Waals surface area contributed by atoms with E-state index in [1.165, 1.54) is 21.3 Å². The first-order valence-corrected chi connectivity index (χ1v) is 11.0. The molecule has 1 N–H and O–H groups in total. The van der Waals surface area contributed by atoms with Crippen LogP contribution in [0.15, 0.2) is 65.1 Å². The van der Waals surface area contributed by atoms with E-state index in [-0.39, 0.29) is 18.4 Å². The van der Waals surface area contributed by atoms with Gasteiger partial charge in [-0.1, -0.05) is 46.3 Å². The highest BCUT2D eigenvalue weighted by Crippen LogP contribution is 2.41. The molecule has 0 saturated heterocycles. The Hall–Kier alpha value is -3.52. The first-order valence-electron chi connectivity index (χ1n) is 10.2. The van der Waals surface area contributed by atoms with Crippen LogP contribution in [-0.4, -0.2) is 44.6 Å². The lowest BCUT2D eigenvalue weighted by atomic mass is 9.95. The summed E-state index contributed by atoms with van der Waals surface area (Å²) in [6.45, 7) is -0.124. The summed E-state index contributed by atoms with van der Waals surface area (Å²) in [5, 5.41) is 2.93. The zero-order chi connectivity index (χ0) is 23.5. The van der Waals surface area contributed by atoms with Crippen molar-refractivity contribution in [2.75, 3.05) is 33.2 Å². The molecule has 8 heteroatoms. The van der Waals surface area contributed by atoms with E-state index < -0.39 is 6.04 Å². The van der Waals surface area contributed by atoms with Crippen LogP contribution in [0.3, 0.4) is 0 Å². The molecule has 0 radical (unpaired) electrons. The largest absolute Gasteiger partial charge is 0.493 e. The second-order valence-electron chi connectivity index (χ2n) is 7.44. The van der Waals surface area contributed by atoms with E-state index in [2.05, 4.69) is 21.2 Å². The number of nitrogens with zero attached hydrogens (tertiary/aromatic N) is 1. The van der Waals surface area contributed by atoms with Gasteiger partial charge in [0.05, 0.1) is 27.4 Å². The van der Waals surface area contributed by atoms with Gasteiger partial charge < -0.3 is 24.4 Å². The molecule has 1 heterocycles. The third-order valence-corrected chi connectivity index (χ3v) is 5.99. The third-order valence-electron chi connectivity index (χ3n) is 5.50. The Bertz CT molecular complexity index is 1170. The predicted molar refractivity (Wildman–Crippen MR) is 128 cm³/mol. The standard InChI is InChI=1S/C25H23BrN2O5/c1-31-20-11-16(12-21(32-2)24(20)33-3)25(30)28-14-22(29)27-19-10-9-17(26)13-18(19)23(28)15-7-5-4-6-8-15/h4-13,23H,14H2,1-3H3,(H,27,29). The number of fused-ring (bicyclic) bond motifs is 1. The molecule has 0 aliphatic carbocycles. The maximum absolute atomic E-state index is 13.9. The molecule has 0 spiro atoms. The van der Waals surface area contributed by atoms with Gasteiger partial charge in [-0.05, 0) is 35.9 Å². The van der Waals surface area contributed by atoms with Crippen molar-refractivity contribution in [3.05, 3.63) is 81.8 Å². The second-order valence-corrected chi connectivity index (χ2v) is 8.36. The normalized spacial score (nSPS) is 15.2. The molecule has 0 bridgehead atoms. The Balaban J connectivity index is 1.89. The lowest BCUT2D eigenvalue weighted by Crippen LogP contribution is -2.39. The van der Waals surface area contributed by atoms with Gasteiger partial charge in [-0.2, -0.15) is 0 Å². The van der Waals surface area contributed by atoms with Crippen molar-refractivity contribution in [2.24, 2.45) is 0 Å². The SMILES string of the molecule is COc1cc(C(=O)N2CC(=O)Nc3ccc(Br)cc3C2c2ccccc2)cc(OC)c1OC. The molecule has 3 aromatic rings. The zero-order valence-electron chi connectivity index (χ0n) is 18.4. The van der Waals surface area contributed by atoms with Crippen LogP contribution in [0.2, 0.25) is 0 Å². The van der Waals surface area contributed by atoms with E-state index in [1.807, 2.05) is 48.5 Å². The molecule has 33 heavy (non-hydrogen) atoms. The number of ether oxygens (including phenoxy) is 3. The van der Waals surface area contributed by atoms with Crippen LogP contribution in [0.4, 0.5) is 5.69 Å². The Morgan fingerprint density at radius 1 is 0.970 bits per heavy atom. The van der Waals surface area contributed by atoms with Gasteiger partial charge in [0.2, 0.25) is 11.7 Å². The van der Waals surface area contributed by atoms with E-state index in [0.717, 1.165) is 15.6 Å². The monoisotopic (exact) mass is 510 g/mol. The van der Waals surface area contributed by atoms with Crippen LogP contribution in [-0.2, 0) is 4.79 Å². The Kier molecular flexibility index (Phi) is 6.55. The summed E-state index contributed by atoms with van der Waals surface area (Å²) in [6, 6.07) is 17.9. The molecule has 4 rings (SSSR count). The van der Waals surface area contributed by atoms with Crippen molar-refractivity contribution in [3.63, 3.8) is 0 Å². The fourth-order valence-electron chi connectivity index (χ4n) is 4.03. The van der Waals surface area contributed by atoms with Crippen LogP contribution in [0.25, 0.3) is 0 Å². The molecule has 0 aromatic heterocycles. The van der Waals surface area contributed by atoms with Crippen molar-refractivity contribution in [1.82, 2.24) is 4.90 Å². The quantitative estimate of drug-likeness (QED) is 0.540. The minimum atomic E-state index is -0.496. The molecule has 1 aliphatic rings. The summed E-state index contributed by atoms with van der Waals surface area (Å²) in [4.78, 5) is 28.3. The van der Waals surface area contributed by atoms with Crippen LogP contribution in [0.1, 0.15) is 27.5 Å². The number of carbonyl (C=O) groups excluding carboxylic acids is 2. The van der Waals surface area contributed by atoms with Crippen molar-refractivity contribution < 1.29 is 23.8 Å². The highest BCUT2D eigenvalue weighted by atomic mass is 79.9. The van der Waals surface area contributed by atoms with E-state index >= 15 is 0 Å². The summed E-state index contributed by atoms with van der Waals surface area (Å²) in [5.74, 6) is 0.487. The van der Waals surface area contributed by atoms with Crippen molar-refractivity contribution in [1.29, 1.82) is 0 Å². The summed E-state index contributed by atoms with van der Waals surface area (Å²) in [6.07, 6.45) is 0. The van der Waals surface area contributed by atoms with Crippen LogP contribution >= 0.6 is 15.9 Å². The number of carbonyl (C=O) groups is 2. The van der Waals surface area contributed by atoms with E-state index in [1.54, 1.807) is 17.0 Å².